The van der Waals surface area contributed by atoms with E-state index in [1.807, 2.05) is 20.2 Å². The molecule has 3 rings (SSSR count). The van der Waals surface area contributed by atoms with E-state index in [9.17, 15) is 14.7 Å². The third kappa shape index (κ3) is 5.06. The van der Waals surface area contributed by atoms with Crippen LogP contribution in [-0.4, -0.2) is 50.4 Å². The van der Waals surface area contributed by atoms with Gasteiger partial charge in [-0.1, -0.05) is 58.6 Å². The van der Waals surface area contributed by atoms with Crippen molar-refractivity contribution >= 4 is 33.4 Å². The van der Waals surface area contributed by atoms with E-state index in [1.54, 1.807) is 48.5 Å². The number of carbonyl (C=O) groups excluding carboxylic acids is 2. The zero-order valence-corrected chi connectivity index (χ0v) is 19.1. The number of carbonyl (C=O) groups is 2. The minimum Gasteiger partial charge on any atom is -0.872 e. The Bertz CT molecular complexity index is 1010. The molecule has 1 aliphatic heterocycles. The molecule has 2 aromatic carbocycles. The third-order valence-electron chi connectivity index (χ3n) is 5.03. The van der Waals surface area contributed by atoms with Crippen LogP contribution in [0.3, 0.4) is 0 Å². The summed E-state index contributed by atoms with van der Waals surface area (Å²) in [5.74, 6) is -1.25. The van der Waals surface area contributed by atoms with Gasteiger partial charge in [0.1, 0.15) is 12.4 Å². The van der Waals surface area contributed by atoms with Gasteiger partial charge in [0.2, 0.25) is 5.78 Å². The minimum absolute atomic E-state index is 0.0260. The third-order valence-corrected chi connectivity index (χ3v) is 5.56. The summed E-state index contributed by atoms with van der Waals surface area (Å²) in [5, 5.41) is 13.3. The second-order valence-corrected chi connectivity index (χ2v) is 8.52. The van der Waals surface area contributed by atoms with Crippen molar-refractivity contribution in [2.45, 2.75) is 6.04 Å². The lowest BCUT2D eigenvalue weighted by molar-refractivity contribution is -0.857. The van der Waals surface area contributed by atoms with Crippen LogP contribution >= 0.6 is 15.9 Å². The lowest BCUT2D eigenvalue weighted by Gasteiger charge is -2.28. The van der Waals surface area contributed by atoms with Crippen molar-refractivity contribution < 1.29 is 24.3 Å². The van der Waals surface area contributed by atoms with E-state index in [0.29, 0.717) is 36.6 Å². The number of ether oxygens (including phenoxy) is 1. The topological polar surface area (TPSA) is 74.1 Å². The Kier molecular flexibility index (Phi) is 7.30. The lowest BCUT2D eigenvalue weighted by atomic mass is 9.95. The molecule has 0 radical (unpaired) electrons. The van der Waals surface area contributed by atoms with Gasteiger partial charge < -0.3 is 19.6 Å². The molecule has 1 heterocycles. The van der Waals surface area contributed by atoms with E-state index >= 15 is 0 Å². The zero-order valence-electron chi connectivity index (χ0n) is 17.6. The highest BCUT2D eigenvalue weighted by Gasteiger charge is 2.44. The first kappa shape index (κ1) is 22.8. The first-order valence-corrected chi connectivity index (χ1v) is 10.8. The van der Waals surface area contributed by atoms with Crippen LogP contribution in [0.5, 0.6) is 5.75 Å². The number of benzene rings is 2. The summed E-state index contributed by atoms with van der Waals surface area (Å²) in [4.78, 5) is 28.5. The summed E-state index contributed by atoms with van der Waals surface area (Å²) in [6.45, 7) is 4.97. The van der Waals surface area contributed by atoms with E-state index in [4.69, 9.17) is 4.74 Å². The van der Waals surface area contributed by atoms with Crippen molar-refractivity contribution in [2.24, 2.45) is 0 Å². The summed E-state index contributed by atoms with van der Waals surface area (Å²) in [5.41, 5.74) is 1.00. The molecule has 1 fully saturated rings. The van der Waals surface area contributed by atoms with E-state index in [1.165, 1.54) is 4.90 Å². The number of Topliss-reactive ketones (excluding diaryl/α,β-unsaturated/α-hetero) is 1. The highest BCUT2D eigenvalue weighted by molar-refractivity contribution is 9.10. The molecule has 162 valence electrons. The van der Waals surface area contributed by atoms with Gasteiger partial charge in [-0.2, -0.15) is 0 Å². The molecule has 0 bridgehead atoms. The predicted octanol–water partition coefficient (Wildman–Crippen LogP) is 1.38. The van der Waals surface area contributed by atoms with Gasteiger partial charge in [0.15, 0.2) is 0 Å². The van der Waals surface area contributed by atoms with Crippen LogP contribution in [0.2, 0.25) is 0 Å². The maximum atomic E-state index is 13.3. The van der Waals surface area contributed by atoms with E-state index in [0.717, 1.165) is 9.37 Å². The Labute approximate surface area is 190 Å². The molecule has 0 saturated carbocycles. The number of ketones is 1. The quantitative estimate of drug-likeness (QED) is 0.266. The molecule has 31 heavy (non-hydrogen) atoms. The van der Waals surface area contributed by atoms with Crippen molar-refractivity contribution in [1.29, 1.82) is 0 Å². The molecule has 1 aliphatic rings. The molecule has 7 heteroatoms. The van der Waals surface area contributed by atoms with Crippen molar-refractivity contribution in [3.05, 3.63) is 82.4 Å². The maximum Gasteiger partial charge on any atom is 0.295 e. The van der Waals surface area contributed by atoms with Gasteiger partial charge in [0.05, 0.1) is 33.2 Å². The number of nitrogens with zero attached hydrogens (tertiary/aromatic N) is 1. The first-order valence-electron chi connectivity index (χ1n) is 9.98. The van der Waals surface area contributed by atoms with Gasteiger partial charge in [0.25, 0.3) is 5.91 Å². The first-order chi connectivity index (χ1) is 14.8. The molecular weight excluding hydrogens is 460 g/mol. The number of likely N-dealkylation sites (tertiary alicyclic amines) is 1. The second kappa shape index (κ2) is 9.94. The zero-order chi connectivity index (χ0) is 22.5. The average Bonchev–Trinajstić information content (AvgIpc) is 3.01. The monoisotopic (exact) mass is 484 g/mol. The molecule has 0 aromatic heterocycles. The van der Waals surface area contributed by atoms with E-state index in [2.05, 4.69) is 22.5 Å². The fourth-order valence-electron chi connectivity index (χ4n) is 3.48. The highest BCUT2D eigenvalue weighted by atomic mass is 79.9. The molecule has 6 nitrogen and oxygen atoms in total. The Balaban J connectivity index is 2.12. The minimum atomic E-state index is -0.761. The molecular formula is C24H25BrN2O4. The van der Waals surface area contributed by atoms with Crippen molar-refractivity contribution in [1.82, 2.24) is 4.90 Å². The standard InChI is InChI=1S/C24H25BrN2O4/c1-4-14-31-19-7-5-6-17(15-19)21-20(22(28)16-8-10-18(25)11-9-16)23(29)24(30)27(21)13-12-26(2)3/h4-11,15,21,28H,1,12-14H2,2-3H3. The fraction of sp³-hybridized carbons (Fsp3) is 0.250. The summed E-state index contributed by atoms with van der Waals surface area (Å²) in [7, 11) is 3.94. The van der Waals surface area contributed by atoms with E-state index in [-0.39, 0.29) is 5.57 Å². The number of amides is 1. The second-order valence-electron chi connectivity index (χ2n) is 7.61. The SMILES string of the molecule is C=CCOc1cccc(C2C(=C([O-])c3ccc(Br)cc3)C(=O)C(=O)N2CC[NH+](C)C)c1. The summed E-state index contributed by atoms with van der Waals surface area (Å²) in [6.07, 6.45) is 1.63. The van der Waals surface area contributed by atoms with Crippen LogP contribution in [0.25, 0.3) is 5.76 Å². The van der Waals surface area contributed by atoms with Crippen molar-refractivity contribution in [2.75, 3.05) is 33.8 Å². The van der Waals surface area contributed by atoms with Gasteiger partial charge in [-0.05, 0) is 35.4 Å². The molecule has 1 saturated heterocycles. The lowest BCUT2D eigenvalue weighted by Crippen LogP contribution is -3.06. The number of nitrogens with one attached hydrogen (secondary N) is 1. The van der Waals surface area contributed by atoms with Crippen molar-refractivity contribution in [3.63, 3.8) is 0 Å². The van der Waals surface area contributed by atoms with Gasteiger partial charge in [0, 0.05) is 10.0 Å². The van der Waals surface area contributed by atoms with Gasteiger partial charge in [-0.3, -0.25) is 9.59 Å². The number of likely N-dealkylation sites (N-methyl/N-ethyl adjacent to an activating group) is 1. The number of hydrogen-bond donors (Lipinski definition) is 1. The Hall–Kier alpha value is -2.90. The van der Waals surface area contributed by atoms with E-state index < -0.39 is 23.5 Å². The Morgan fingerprint density at radius 1 is 1.23 bits per heavy atom. The van der Waals surface area contributed by atoms with Crippen molar-refractivity contribution in [3.8, 4) is 5.75 Å². The molecule has 0 spiro atoms. The molecule has 2 aromatic rings. The normalized spacial score (nSPS) is 17.9. The number of quaternary nitrogens is 1. The van der Waals surface area contributed by atoms with Crippen LogP contribution < -0.4 is 14.7 Å². The van der Waals surface area contributed by atoms with Gasteiger partial charge >= 0.3 is 0 Å². The molecule has 1 N–H and O–H groups in total. The largest absolute Gasteiger partial charge is 0.872 e. The smallest absolute Gasteiger partial charge is 0.295 e. The van der Waals surface area contributed by atoms with Crippen LogP contribution in [-0.2, 0) is 9.59 Å². The molecule has 1 atom stereocenters. The summed E-state index contributed by atoms with van der Waals surface area (Å²) >= 11 is 3.35. The van der Waals surface area contributed by atoms with Crippen LogP contribution in [0, 0.1) is 0 Å². The predicted molar refractivity (Wildman–Crippen MR) is 120 cm³/mol. The average molecular weight is 485 g/mol. The van der Waals surface area contributed by atoms with Gasteiger partial charge in [-0.25, -0.2) is 0 Å². The highest BCUT2D eigenvalue weighted by Crippen LogP contribution is 2.39. The Morgan fingerprint density at radius 2 is 1.94 bits per heavy atom. The summed E-state index contributed by atoms with van der Waals surface area (Å²) < 4.78 is 6.45. The van der Waals surface area contributed by atoms with Crippen LogP contribution in [0.15, 0.2) is 71.2 Å². The Morgan fingerprint density at radius 3 is 2.58 bits per heavy atom. The maximum absolute atomic E-state index is 13.3. The van der Waals surface area contributed by atoms with Crippen LogP contribution in [0.1, 0.15) is 17.2 Å². The summed E-state index contributed by atoms with van der Waals surface area (Å²) in [6, 6.07) is 13.2. The van der Waals surface area contributed by atoms with Crippen LogP contribution in [0.4, 0.5) is 0 Å². The molecule has 1 unspecified atom stereocenters. The molecule has 1 amide bonds. The number of hydrogen-bond acceptors (Lipinski definition) is 4. The number of halogens is 1. The van der Waals surface area contributed by atoms with Gasteiger partial charge in [-0.15, -0.1) is 0 Å². The number of rotatable bonds is 8. The fourth-order valence-corrected chi connectivity index (χ4v) is 3.74. The molecule has 0 aliphatic carbocycles.